The third-order valence-corrected chi connectivity index (χ3v) is 2.99. The summed E-state index contributed by atoms with van der Waals surface area (Å²) in [6.45, 7) is 19.0. The molecular weight excluding hydrogens is 232 g/mol. The van der Waals surface area contributed by atoms with Crippen molar-refractivity contribution in [1.82, 2.24) is 0 Å². The number of ether oxygens (including phenoxy) is 1. The largest absolute Gasteiger partial charge is 0.488 e. The third kappa shape index (κ3) is 4.41. The lowest BCUT2D eigenvalue weighted by Crippen LogP contribution is -2.24. The molecule has 0 spiro atoms. The van der Waals surface area contributed by atoms with Gasteiger partial charge in [0.25, 0.3) is 0 Å². The number of rotatable bonds is 3. The molecule has 0 aromatic heterocycles. The van der Waals surface area contributed by atoms with Crippen LogP contribution in [0.25, 0.3) is 0 Å². The molecule has 1 rings (SSSR count). The zero-order chi connectivity index (χ0) is 14.8. The highest BCUT2D eigenvalue weighted by atomic mass is 16.5. The molecule has 0 saturated carbocycles. The summed E-state index contributed by atoms with van der Waals surface area (Å²) in [5.41, 5.74) is 3.77. The van der Waals surface area contributed by atoms with Gasteiger partial charge in [-0.05, 0) is 56.2 Å². The van der Waals surface area contributed by atoms with E-state index in [9.17, 15) is 0 Å². The average molecular weight is 260 g/mol. The monoisotopic (exact) mass is 260 g/mol. The minimum Gasteiger partial charge on any atom is -0.488 e. The maximum Gasteiger partial charge on any atom is 0.126 e. The van der Waals surface area contributed by atoms with E-state index in [0.717, 1.165) is 12.2 Å². The maximum atomic E-state index is 6.14. The Balaban J connectivity index is 3.34. The molecule has 0 aliphatic rings. The molecule has 1 aromatic carbocycles. The van der Waals surface area contributed by atoms with E-state index in [2.05, 4.69) is 67.2 Å². The number of aryl methyl sites for hydroxylation is 1. The van der Waals surface area contributed by atoms with Crippen LogP contribution in [0, 0.1) is 6.92 Å². The summed E-state index contributed by atoms with van der Waals surface area (Å²) < 4.78 is 6.14. The second-order valence-electron chi connectivity index (χ2n) is 7.24. The van der Waals surface area contributed by atoms with Crippen molar-refractivity contribution in [1.29, 1.82) is 0 Å². The highest BCUT2D eigenvalue weighted by Gasteiger charge is 2.20. The fraction of sp³-hybridized carbons (Fsp3) is 0.556. The van der Waals surface area contributed by atoms with E-state index in [1.807, 2.05) is 6.08 Å². The maximum absolute atomic E-state index is 6.14. The van der Waals surface area contributed by atoms with Crippen molar-refractivity contribution < 1.29 is 4.74 Å². The molecule has 0 atom stereocenters. The summed E-state index contributed by atoms with van der Waals surface area (Å²) in [6, 6.07) is 4.50. The van der Waals surface area contributed by atoms with Gasteiger partial charge in [0.1, 0.15) is 11.4 Å². The van der Waals surface area contributed by atoms with Crippen LogP contribution < -0.4 is 4.74 Å². The zero-order valence-corrected chi connectivity index (χ0v) is 13.6. The van der Waals surface area contributed by atoms with E-state index in [1.165, 1.54) is 16.7 Å². The lowest BCUT2D eigenvalue weighted by atomic mass is 9.84. The standard InChI is InChI=1S/C18H28O/c1-9-10-14-12-15(17(3,4)5)11-13(2)16(14)19-18(6,7)8/h9,11-12H,1,10H2,2-8H3. The molecule has 0 bridgehead atoms. The van der Waals surface area contributed by atoms with Gasteiger partial charge in [-0.3, -0.25) is 0 Å². The number of benzene rings is 1. The summed E-state index contributed by atoms with van der Waals surface area (Å²) in [4.78, 5) is 0. The van der Waals surface area contributed by atoms with Crippen molar-refractivity contribution in [2.24, 2.45) is 0 Å². The molecule has 0 saturated heterocycles. The lowest BCUT2D eigenvalue weighted by molar-refractivity contribution is 0.128. The Morgan fingerprint density at radius 1 is 1.11 bits per heavy atom. The van der Waals surface area contributed by atoms with Crippen LogP contribution in [-0.2, 0) is 11.8 Å². The molecule has 1 heteroatoms. The molecule has 1 aromatic rings. The SMILES string of the molecule is C=CCc1cc(C(C)(C)C)cc(C)c1OC(C)(C)C. The zero-order valence-electron chi connectivity index (χ0n) is 13.6. The molecule has 0 aliphatic carbocycles. The summed E-state index contributed by atoms with van der Waals surface area (Å²) in [5, 5.41) is 0. The van der Waals surface area contributed by atoms with Crippen LogP contribution in [0.3, 0.4) is 0 Å². The Labute approximate surface area is 118 Å². The normalized spacial score (nSPS) is 12.4. The quantitative estimate of drug-likeness (QED) is 0.679. The molecule has 0 fully saturated rings. The van der Waals surface area contributed by atoms with Crippen molar-refractivity contribution in [3.63, 3.8) is 0 Å². The van der Waals surface area contributed by atoms with Crippen LogP contribution in [0.15, 0.2) is 24.8 Å². The number of allylic oxidation sites excluding steroid dienone is 1. The van der Waals surface area contributed by atoms with Crippen molar-refractivity contribution in [3.8, 4) is 5.75 Å². The highest BCUT2D eigenvalue weighted by Crippen LogP contribution is 2.33. The van der Waals surface area contributed by atoms with Crippen LogP contribution >= 0.6 is 0 Å². The van der Waals surface area contributed by atoms with Crippen LogP contribution in [0.2, 0.25) is 0 Å². The molecule has 19 heavy (non-hydrogen) atoms. The second-order valence-corrected chi connectivity index (χ2v) is 7.24. The number of hydrogen-bond acceptors (Lipinski definition) is 1. The molecule has 1 nitrogen and oxygen atoms in total. The van der Waals surface area contributed by atoms with Gasteiger partial charge in [0.05, 0.1) is 0 Å². The van der Waals surface area contributed by atoms with Gasteiger partial charge in [0.2, 0.25) is 0 Å². The smallest absolute Gasteiger partial charge is 0.126 e. The van der Waals surface area contributed by atoms with Crippen LogP contribution in [0.5, 0.6) is 5.75 Å². The van der Waals surface area contributed by atoms with Gasteiger partial charge in [0.15, 0.2) is 0 Å². The summed E-state index contributed by atoms with van der Waals surface area (Å²) in [6.07, 6.45) is 2.78. The van der Waals surface area contributed by atoms with Gasteiger partial charge in [-0.25, -0.2) is 0 Å². The predicted octanol–water partition coefficient (Wildman–Crippen LogP) is 5.20. The summed E-state index contributed by atoms with van der Waals surface area (Å²) in [5.74, 6) is 1.01. The Morgan fingerprint density at radius 2 is 1.68 bits per heavy atom. The van der Waals surface area contributed by atoms with Gasteiger partial charge in [0, 0.05) is 0 Å². The van der Waals surface area contributed by atoms with E-state index in [4.69, 9.17) is 4.74 Å². The Hall–Kier alpha value is -1.24. The first-order chi connectivity index (χ1) is 8.54. The van der Waals surface area contributed by atoms with Gasteiger partial charge in [-0.2, -0.15) is 0 Å². The summed E-state index contributed by atoms with van der Waals surface area (Å²) in [7, 11) is 0. The second kappa shape index (κ2) is 5.40. The van der Waals surface area contributed by atoms with Crippen molar-refractivity contribution in [2.45, 2.75) is 65.9 Å². The average Bonchev–Trinajstić information content (AvgIpc) is 2.20. The third-order valence-electron chi connectivity index (χ3n) is 2.99. The minimum atomic E-state index is -0.177. The topological polar surface area (TPSA) is 9.23 Å². The van der Waals surface area contributed by atoms with E-state index >= 15 is 0 Å². The first-order valence-electron chi connectivity index (χ1n) is 6.98. The van der Waals surface area contributed by atoms with Gasteiger partial charge < -0.3 is 4.74 Å². The van der Waals surface area contributed by atoms with Crippen molar-refractivity contribution in [3.05, 3.63) is 41.5 Å². The Morgan fingerprint density at radius 3 is 2.11 bits per heavy atom. The molecule has 0 radical (unpaired) electrons. The first-order valence-corrected chi connectivity index (χ1v) is 6.98. The van der Waals surface area contributed by atoms with E-state index < -0.39 is 0 Å². The molecule has 0 amide bonds. The molecular formula is C18H28O. The Bertz CT molecular complexity index is 456. The predicted molar refractivity (Wildman–Crippen MR) is 84.2 cm³/mol. The summed E-state index contributed by atoms with van der Waals surface area (Å²) >= 11 is 0. The van der Waals surface area contributed by atoms with Gasteiger partial charge in [-0.1, -0.05) is 39.0 Å². The minimum absolute atomic E-state index is 0.154. The van der Waals surface area contributed by atoms with Crippen molar-refractivity contribution >= 4 is 0 Å². The molecule has 0 N–H and O–H groups in total. The van der Waals surface area contributed by atoms with E-state index in [-0.39, 0.29) is 11.0 Å². The number of hydrogen-bond donors (Lipinski definition) is 0. The van der Waals surface area contributed by atoms with Crippen LogP contribution in [-0.4, -0.2) is 5.60 Å². The lowest BCUT2D eigenvalue weighted by Gasteiger charge is -2.27. The highest BCUT2D eigenvalue weighted by molar-refractivity contribution is 5.47. The molecule has 106 valence electrons. The molecule has 0 aliphatic heterocycles. The van der Waals surface area contributed by atoms with Crippen LogP contribution in [0.1, 0.15) is 58.2 Å². The fourth-order valence-corrected chi connectivity index (χ4v) is 2.04. The molecule has 0 unspecified atom stereocenters. The van der Waals surface area contributed by atoms with Gasteiger partial charge in [-0.15, -0.1) is 6.58 Å². The first kappa shape index (κ1) is 15.8. The van der Waals surface area contributed by atoms with E-state index in [0.29, 0.717) is 0 Å². The fourth-order valence-electron chi connectivity index (χ4n) is 2.04. The van der Waals surface area contributed by atoms with Crippen molar-refractivity contribution in [2.75, 3.05) is 0 Å². The molecule has 0 heterocycles. The van der Waals surface area contributed by atoms with Crippen LogP contribution in [0.4, 0.5) is 0 Å². The van der Waals surface area contributed by atoms with Gasteiger partial charge >= 0.3 is 0 Å². The Kier molecular flexibility index (Phi) is 4.50. The van der Waals surface area contributed by atoms with E-state index in [1.54, 1.807) is 0 Å².